The number of nitrogens with one attached hydrogen (secondary N) is 1. The van der Waals surface area contributed by atoms with Gasteiger partial charge in [0.15, 0.2) is 0 Å². The quantitative estimate of drug-likeness (QED) is 0.873. The molecule has 0 bridgehead atoms. The van der Waals surface area contributed by atoms with Crippen molar-refractivity contribution in [2.75, 3.05) is 6.54 Å². The van der Waals surface area contributed by atoms with Gasteiger partial charge < -0.3 is 14.5 Å². The third-order valence-corrected chi connectivity index (χ3v) is 3.20. The van der Waals surface area contributed by atoms with Gasteiger partial charge in [0, 0.05) is 11.6 Å². The van der Waals surface area contributed by atoms with Crippen molar-refractivity contribution in [3.63, 3.8) is 0 Å². The van der Waals surface area contributed by atoms with E-state index in [0.29, 0.717) is 6.54 Å². The Bertz CT molecular complexity index is 511. The summed E-state index contributed by atoms with van der Waals surface area (Å²) in [5.74, 6) is 1.77. The van der Waals surface area contributed by atoms with Gasteiger partial charge >= 0.3 is 0 Å². The minimum atomic E-state index is 0.0792. The summed E-state index contributed by atoms with van der Waals surface area (Å²) in [5.41, 5.74) is 1.02. The first kappa shape index (κ1) is 14.0. The molecule has 0 radical (unpaired) electrons. The van der Waals surface area contributed by atoms with E-state index in [2.05, 4.69) is 5.32 Å². The van der Waals surface area contributed by atoms with Gasteiger partial charge in [-0.2, -0.15) is 0 Å². The molecule has 1 atom stereocenters. The van der Waals surface area contributed by atoms with Crippen molar-refractivity contribution in [2.45, 2.75) is 26.5 Å². The lowest BCUT2D eigenvalue weighted by Crippen LogP contribution is -2.28. The van der Waals surface area contributed by atoms with Crippen molar-refractivity contribution in [3.8, 4) is 5.75 Å². The van der Waals surface area contributed by atoms with E-state index in [1.54, 1.807) is 6.26 Å². The van der Waals surface area contributed by atoms with Gasteiger partial charge in [-0.05, 0) is 49.7 Å². The first-order chi connectivity index (χ1) is 9.15. The number of ether oxygens (including phenoxy) is 1. The Kier molecular flexibility index (Phi) is 4.88. The Morgan fingerprint density at radius 2 is 2.21 bits per heavy atom. The van der Waals surface area contributed by atoms with Crippen LogP contribution in [-0.2, 0) is 6.54 Å². The molecule has 2 aromatic rings. The molecule has 0 aliphatic heterocycles. The first-order valence-electron chi connectivity index (χ1n) is 6.31. The highest BCUT2D eigenvalue weighted by Crippen LogP contribution is 2.21. The zero-order chi connectivity index (χ0) is 13.7. The SMILES string of the molecule is Cc1cc(OC(C)CNCc2ccco2)ccc1Cl. The fourth-order valence-corrected chi connectivity index (χ4v) is 1.89. The van der Waals surface area contributed by atoms with Crippen LogP contribution in [0.5, 0.6) is 5.75 Å². The van der Waals surface area contributed by atoms with Crippen LogP contribution in [-0.4, -0.2) is 12.6 Å². The second kappa shape index (κ2) is 6.64. The highest BCUT2D eigenvalue weighted by Gasteiger charge is 2.05. The number of aryl methyl sites for hydroxylation is 1. The van der Waals surface area contributed by atoms with Gasteiger partial charge in [-0.1, -0.05) is 11.6 Å². The molecule has 0 fully saturated rings. The fourth-order valence-electron chi connectivity index (χ4n) is 1.78. The summed E-state index contributed by atoms with van der Waals surface area (Å²) >= 11 is 5.98. The van der Waals surface area contributed by atoms with Crippen LogP contribution in [0.15, 0.2) is 41.0 Å². The van der Waals surface area contributed by atoms with Crippen LogP contribution in [0, 0.1) is 6.92 Å². The summed E-state index contributed by atoms with van der Waals surface area (Å²) in [5, 5.41) is 4.05. The Hall–Kier alpha value is -1.45. The van der Waals surface area contributed by atoms with Crippen molar-refractivity contribution >= 4 is 11.6 Å². The van der Waals surface area contributed by atoms with Crippen molar-refractivity contribution < 1.29 is 9.15 Å². The lowest BCUT2D eigenvalue weighted by atomic mass is 10.2. The molecular formula is C15H18ClNO2. The highest BCUT2D eigenvalue weighted by atomic mass is 35.5. The summed E-state index contributed by atoms with van der Waals surface area (Å²) in [7, 11) is 0. The van der Waals surface area contributed by atoms with Crippen LogP contribution in [0.1, 0.15) is 18.2 Å². The normalized spacial score (nSPS) is 12.4. The predicted octanol–water partition coefficient (Wildman–Crippen LogP) is 3.80. The molecule has 1 heterocycles. The summed E-state index contributed by atoms with van der Waals surface area (Å²) in [4.78, 5) is 0. The van der Waals surface area contributed by atoms with E-state index < -0.39 is 0 Å². The van der Waals surface area contributed by atoms with Crippen LogP contribution in [0.2, 0.25) is 5.02 Å². The average Bonchev–Trinajstić information content (AvgIpc) is 2.87. The molecule has 0 aliphatic rings. The minimum Gasteiger partial charge on any atom is -0.489 e. The van der Waals surface area contributed by atoms with Gasteiger partial charge in [-0.3, -0.25) is 0 Å². The zero-order valence-corrected chi connectivity index (χ0v) is 11.9. The van der Waals surface area contributed by atoms with Gasteiger partial charge in [0.25, 0.3) is 0 Å². The number of furan rings is 1. The summed E-state index contributed by atoms with van der Waals surface area (Å²) in [6.07, 6.45) is 1.75. The Balaban J connectivity index is 1.77. The monoisotopic (exact) mass is 279 g/mol. The maximum Gasteiger partial charge on any atom is 0.120 e. The van der Waals surface area contributed by atoms with Gasteiger partial charge in [0.05, 0.1) is 12.8 Å². The van der Waals surface area contributed by atoms with Crippen molar-refractivity contribution in [1.29, 1.82) is 0 Å². The Morgan fingerprint density at radius 3 is 2.89 bits per heavy atom. The second-order valence-corrected chi connectivity index (χ2v) is 4.96. The predicted molar refractivity (Wildman–Crippen MR) is 76.7 cm³/mol. The lowest BCUT2D eigenvalue weighted by molar-refractivity contribution is 0.215. The second-order valence-electron chi connectivity index (χ2n) is 4.55. The average molecular weight is 280 g/mol. The largest absolute Gasteiger partial charge is 0.489 e. The number of hydrogen-bond acceptors (Lipinski definition) is 3. The molecule has 0 aliphatic carbocycles. The topological polar surface area (TPSA) is 34.4 Å². The van der Waals surface area contributed by atoms with E-state index >= 15 is 0 Å². The van der Waals surface area contributed by atoms with E-state index in [9.17, 15) is 0 Å². The highest BCUT2D eigenvalue weighted by molar-refractivity contribution is 6.31. The lowest BCUT2D eigenvalue weighted by Gasteiger charge is -2.15. The van der Waals surface area contributed by atoms with Crippen molar-refractivity contribution in [2.24, 2.45) is 0 Å². The molecule has 0 saturated carbocycles. The van der Waals surface area contributed by atoms with Gasteiger partial charge in [-0.15, -0.1) is 0 Å². The smallest absolute Gasteiger partial charge is 0.120 e. The number of benzene rings is 1. The van der Waals surface area contributed by atoms with Crippen LogP contribution < -0.4 is 10.1 Å². The molecule has 1 aromatic heterocycles. The maximum absolute atomic E-state index is 5.98. The fraction of sp³-hybridized carbons (Fsp3) is 0.333. The molecule has 1 N–H and O–H groups in total. The molecule has 1 unspecified atom stereocenters. The van der Waals surface area contributed by atoms with Crippen LogP contribution in [0.3, 0.4) is 0 Å². The molecule has 102 valence electrons. The van der Waals surface area contributed by atoms with E-state index in [4.69, 9.17) is 20.8 Å². The van der Waals surface area contributed by atoms with Crippen molar-refractivity contribution in [3.05, 3.63) is 52.9 Å². The number of rotatable bonds is 6. The summed E-state index contributed by atoms with van der Waals surface area (Å²) in [6, 6.07) is 9.52. The van der Waals surface area contributed by atoms with Crippen LogP contribution in [0.25, 0.3) is 0 Å². The molecule has 1 aromatic carbocycles. The third kappa shape index (κ3) is 4.30. The molecule has 3 nitrogen and oxygen atoms in total. The Labute approximate surface area is 118 Å². The minimum absolute atomic E-state index is 0.0792. The van der Waals surface area contributed by atoms with Gasteiger partial charge in [0.1, 0.15) is 17.6 Å². The van der Waals surface area contributed by atoms with Gasteiger partial charge in [0.2, 0.25) is 0 Å². The summed E-state index contributed by atoms with van der Waals surface area (Å²) < 4.78 is 11.1. The van der Waals surface area contributed by atoms with Crippen LogP contribution in [0.4, 0.5) is 0 Å². The summed E-state index contributed by atoms with van der Waals surface area (Å²) in [6.45, 7) is 5.46. The molecule has 0 spiro atoms. The van der Waals surface area contributed by atoms with E-state index in [0.717, 1.165) is 28.6 Å². The van der Waals surface area contributed by atoms with E-state index in [-0.39, 0.29) is 6.10 Å². The van der Waals surface area contributed by atoms with Gasteiger partial charge in [-0.25, -0.2) is 0 Å². The molecule has 0 amide bonds. The first-order valence-corrected chi connectivity index (χ1v) is 6.69. The van der Waals surface area contributed by atoms with E-state index in [1.807, 2.05) is 44.2 Å². The third-order valence-electron chi connectivity index (χ3n) is 2.78. The number of hydrogen-bond donors (Lipinski definition) is 1. The zero-order valence-electron chi connectivity index (χ0n) is 11.2. The molecular weight excluding hydrogens is 262 g/mol. The van der Waals surface area contributed by atoms with Crippen LogP contribution >= 0.6 is 11.6 Å². The molecule has 2 rings (SSSR count). The molecule has 0 saturated heterocycles. The Morgan fingerprint density at radius 1 is 1.37 bits per heavy atom. The standard InChI is InChI=1S/C15H18ClNO2/c1-11-8-13(5-6-15(11)16)19-12(2)9-17-10-14-4-3-7-18-14/h3-8,12,17H,9-10H2,1-2H3. The number of halogens is 1. The molecule has 19 heavy (non-hydrogen) atoms. The van der Waals surface area contributed by atoms with Crippen molar-refractivity contribution in [1.82, 2.24) is 5.32 Å². The maximum atomic E-state index is 5.98. The molecule has 4 heteroatoms. The van der Waals surface area contributed by atoms with E-state index in [1.165, 1.54) is 0 Å².